The molecule has 1 saturated carbocycles. The molecule has 1 aliphatic rings. The predicted octanol–water partition coefficient (Wildman–Crippen LogP) is 1.23. The van der Waals surface area contributed by atoms with Crippen LogP contribution in [0.1, 0.15) is 25.7 Å². The summed E-state index contributed by atoms with van der Waals surface area (Å²) in [5.41, 5.74) is -0.696. The highest BCUT2D eigenvalue weighted by Crippen LogP contribution is 2.31. The molecule has 1 amide bonds. The molecule has 0 spiro atoms. The molecule has 0 heterocycles. The number of carboxylic acids is 1. The largest absolute Gasteiger partial charge is 0.550 e. The van der Waals surface area contributed by atoms with Crippen LogP contribution in [0.2, 0.25) is 0 Å². The Balaban J connectivity index is 2.19. The van der Waals surface area contributed by atoms with Crippen molar-refractivity contribution in [2.24, 2.45) is 11.8 Å². The average molecular weight is 309 g/mol. The number of hydrogen-bond donors (Lipinski definition) is 1. The van der Waals surface area contributed by atoms with E-state index >= 15 is 0 Å². The molecule has 0 unspecified atom stereocenters. The maximum Gasteiger partial charge on any atom is 0.271 e. The van der Waals surface area contributed by atoms with Gasteiger partial charge in [-0.05, 0) is 18.9 Å². The lowest BCUT2D eigenvalue weighted by molar-refractivity contribution is -0.384. The van der Waals surface area contributed by atoms with E-state index in [0.717, 1.165) is 18.2 Å². The van der Waals surface area contributed by atoms with Gasteiger partial charge in [0.1, 0.15) is 5.82 Å². The zero-order valence-corrected chi connectivity index (χ0v) is 11.6. The van der Waals surface area contributed by atoms with Crippen LogP contribution in [0.15, 0.2) is 18.2 Å². The number of carboxylic acid groups (broad SMARTS) is 1. The highest BCUT2D eigenvalue weighted by Gasteiger charge is 2.32. The molecule has 0 aromatic heterocycles. The molecule has 0 aliphatic heterocycles. The van der Waals surface area contributed by atoms with Crippen molar-refractivity contribution < 1.29 is 24.0 Å². The third kappa shape index (κ3) is 3.38. The van der Waals surface area contributed by atoms with Crippen molar-refractivity contribution in [2.45, 2.75) is 25.7 Å². The van der Waals surface area contributed by atoms with Crippen molar-refractivity contribution in [1.29, 1.82) is 0 Å². The van der Waals surface area contributed by atoms with Gasteiger partial charge in [-0.15, -0.1) is 0 Å². The van der Waals surface area contributed by atoms with Gasteiger partial charge in [0.05, 0.1) is 10.6 Å². The maximum absolute atomic E-state index is 13.7. The molecule has 2 rings (SSSR count). The van der Waals surface area contributed by atoms with Gasteiger partial charge in [-0.2, -0.15) is 0 Å². The standard InChI is InChI=1S/C14H15FN2O5/c15-11-6-5-8(17(21)22)7-12(11)16-13(18)9-3-1-2-4-10(9)14(19)20/h5-7,9-10H,1-4H2,(H,16,18)(H,19,20)/p-1/t9-,10+/m1/s1. The van der Waals surface area contributed by atoms with Crippen molar-refractivity contribution >= 4 is 23.3 Å². The summed E-state index contributed by atoms with van der Waals surface area (Å²) in [7, 11) is 0. The minimum Gasteiger partial charge on any atom is -0.550 e. The molecule has 0 radical (unpaired) electrons. The average Bonchev–Trinajstić information content (AvgIpc) is 2.49. The fourth-order valence-electron chi connectivity index (χ4n) is 2.67. The number of nitro groups is 1. The molecule has 1 aromatic carbocycles. The van der Waals surface area contributed by atoms with Crippen LogP contribution in [-0.4, -0.2) is 16.8 Å². The number of amides is 1. The number of halogens is 1. The number of nitro benzene ring substituents is 1. The normalized spacial score (nSPS) is 21.1. The molecule has 0 bridgehead atoms. The Morgan fingerprint density at radius 3 is 2.45 bits per heavy atom. The lowest BCUT2D eigenvalue weighted by Crippen LogP contribution is -2.42. The van der Waals surface area contributed by atoms with Crippen molar-refractivity contribution in [3.63, 3.8) is 0 Å². The number of carbonyl (C=O) groups excluding carboxylic acids is 2. The van der Waals surface area contributed by atoms with E-state index in [2.05, 4.69) is 5.32 Å². The summed E-state index contributed by atoms with van der Waals surface area (Å²) in [5, 5.41) is 24.0. The summed E-state index contributed by atoms with van der Waals surface area (Å²) in [6, 6.07) is 2.77. The first-order chi connectivity index (χ1) is 10.4. The highest BCUT2D eigenvalue weighted by molar-refractivity contribution is 5.95. The van der Waals surface area contributed by atoms with Gasteiger partial charge in [-0.3, -0.25) is 14.9 Å². The summed E-state index contributed by atoms with van der Waals surface area (Å²) < 4.78 is 13.7. The van der Waals surface area contributed by atoms with Gasteiger partial charge in [-0.1, -0.05) is 12.8 Å². The van der Waals surface area contributed by atoms with Gasteiger partial charge in [0.15, 0.2) is 0 Å². The summed E-state index contributed by atoms with van der Waals surface area (Å²) >= 11 is 0. The van der Waals surface area contributed by atoms with Gasteiger partial charge in [0.2, 0.25) is 5.91 Å². The number of nitrogens with zero attached hydrogens (tertiary/aromatic N) is 1. The lowest BCUT2D eigenvalue weighted by Gasteiger charge is -2.31. The topological polar surface area (TPSA) is 112 Å². The Kier molecular flexibility index (Phi) is 4.69. The van der Waals surface area contributed by atoms with Crippen molar-refractivity contribution in [3.05, 3.63) is 34.1 Å². The van der Waals surface area contributed by atoms with Crippen LogP contribution in [0.4, 0.5) is 15.8 Å². The molecular formula is C14H14FN2O5-. The van der Waals surface area contributed by atoms with Crippen LogP contribution in [-0.2, 0) is 9.59 Å². The third-order valence-electron chi connectivity index (χ3n) is 3.82. The molecule has 1 aromatic rings. The van der Waals surface area contributed by atoms with Gasteiger partial charge in [0.25, 0.3) is 5.69 Å². The second kappa shape index (κ2) is 6.50. The van der Waals surface area contributed by atoms with E-state index in [-0.39, 0.29) is 11.4 Å². The molecular weight excluding hydrogens is 295 g/mol. The number of rotatable bonds is 4. The number of benzene rings is 1. The monoisotopic (exact) mass is 309 g/mol. The minimum absolute atomic E-state index is 0.331. The quantitative estimate of drug-likeness (QED) is 0.664. The predicted molar refractivity (Wildman–Crippen MR) is 72.1 cm³/mol. The van der Waals surface area contributed by atoms with Crippen molar-refractivity contribution in [3.8, 4) is 0 Å². The zero-order valence-electron chi connectivity index (χ0n) is 11.6. The molecule has 1 aliphatic carbocycles. The maximum atomic E-state index is 13.7. The smallest absolute Gasteiger partial charge is 0.271 e. The van der Waals surface area contributed by atoms with E-state index in [9.17, 15) is 29.2 Å². The molecule has 22 heavy (non-hydrogen) atoms. The Hall–Kier alpha value is -2.51. The summed E-state index contributed by atoms with van der Waals surface area (Å²) in [5.74, 6) is -4.53. The van der Waals surface area contributed by atoms with E-state index < -0.39 is 34.5 Å². The molecule has 118 valence electrons. The first-order valence-corrected chi connectivity index (χ1v) is 6.86. The second-order valence-corrected chi connectivity index (χ2v) is 5.23. The van der Waals surface area contributed by atoms with E-state index in [1.165, 1.54) is 0 Å². The Morgan fingerprint density at radius 2 is 1.86 bits per heavy atom. The summed E-state index contributed by atoms with van der Waals surface area (Å²) in [6.45, 7) is 0. The lowest BCUT2D eigenvalue weighted by atomic mass is 9.78. The molecule has 7 nitrogen and oxygen atoms in total. The minimum atomic E-state index is -1.31. The molecule has 1 N–H and O–H groups in total. The Bertz CT molecular complexity index is 619. The van der Waals surface area contributed by atoms with Crippen LogP contribution in [0.25, 0.3) is 0 Å². The number of carbonyl (C=O) groups is 2. The SMILES string of the molecule is O=C([O-])[C@H]1CCCC[C@H]1C(=O)Nc1cc([N+](=O)[O-])ccc1F. The van der Waals surface area contributed by atoms with Crippen LogP contribution < -0.4 is 10.4 Å². The van der Waals surface area contributed by atoms with Crippen LogP contribution in [0.5, 0.6) is 0 Å². The van der Waals surface area contributed by atoms with E-state index in [1.54, 1.807) is 0 Å². The summed E-state index contributed by atoms with van der Waals surface area (Å²) in [4.78, 5) is 33.2. The van der Waals surface area contributed by atoms with Crippen molar-refractivity contribution in [1.82, 2.24) is 0 Å². The van der Waals surface area contributed by atoms with Crippen molar-refractivity contribution in [2.75, 3.05) is 5.32 Å². The van der Waals surface area contributed by atoms with Gasteiger partial charge in [-0.25, -0.2) is 4.39 Å². The first kappa shape index (κ1) is 15.9. The fraction of sp³-hybridized carbons (Fsp3) is 0.429. The Labute approximate surface area is 125 Å². The Morgan fingerprint density at radius 1 is 1.23 bits per heavy atom. The van der Waals surface area contributed by atoms with E-state index in [4.69, 9.17) is 0 Å². The van der Waals surface area contributed by atoms with E-state index in [0.29, 0.717) is 25.7 Å². The zero-order chi connectivity index (χ0) is 16.3. The number of nitrogens with one attached hydrogen (secondary N) is 1. The van der Waals surface area contributed by atoms with Crippen LogP contribution in [0, 0.1) is 27.8 Å². The number of anilines is 1. The van der Waals surface area contributed by atoms with Crippen LogP contribution >= 0.6 is 0 Å². The van der Waals surface area contributed by atoms with E-state index in [1.807, 2.05) is 0 Å². The summed E-state index contributed by atoms with van der Waals surface area (Å²) in [6.07, 6.45) is 2.08. The highest BCUT2D eigenvalue weighted by atomic mass is 19.1. The molecule has 8 heteroatoms. The second-order valence-electron chi connectivity index (χ2n) is 5.23. The molecule has 1 fully saturated rings. The van der Waals surface area contributed by atoms with Gasteiger partial charge >= 0.3 is 0 Å². The van der Waals surface area contributed by atoms with Gasteiger partial charge < -0.3 is 15.2 Å². The number of hydrogen-bond acceptors (Lipinski definition) is 5. The third-order valence-corrected chi connectivity index (χ3v) is 3.82. The van der Waals surface area contributed by atoms with Gasteiger partial charge in [0, 0.05) is 29.9 Å². The molecule has 2 atom stereocenters. The molecule has 0 saturated heterocycles. The number of non-ortho nitro benzene ring substituents is 1. The fourth-order valence-corrected chi connectivity index (χ4v) is 2.67. The first-order valence-electron chi connectivity index (χ1n) is 6.86. The van der Waals surface area contributed by atoms with Crippen LogP contribution in [0.3, 0.4) is 0 Å². The number of aliphatic carboxylic acids is 1.